The van der Waals surface area contributed by atoms with Crippen LogP contribution in [0.4, 0.5) is 28.2 Å². The van der Waals surface area contributed by atoms with E-state index < -0.39 is 126 Å². The SMILES string of the molecule is F.F.F.F.F.F.[Cu+].[Cu+].[Cu+].[Cu+].[Cu+].[Cu+].[Cu+].[Cu+].[Cu+].[Cu+].[Cu+].[Cu+].[O]=[Sb]([O-])[O-].[O]=[Sb]([O-])[O-].[O]=[Sb]([O-])[O-].[O]=[Sb]([O-])[O-].[O]=[Sb]([O-])[O-].[O]=[Sb]([O-])[O-]. The molecule has 6 radical (unpaired) electrons. The molecule has 0 saturated heterocycles. The zero-order valence-corrected chi connectivity index (χ0v) is 42.7. The minimum absolute atomic E-state index is 0. The first-order chi connectivity index (χ1) is 10.4. The van der Waals surface area contributed by atoms with Crippen LogP contribution in [0.15, 0.2) is 0 Å². The summed E-state index contributed by atoms with van der Waals surface area (Å²) in [5.41, 5.74) is 0. The summed E-state index contributed by atoms with van der Waals surface area (Å²) in [6.07, 6.45) is 0. The summed E-state index contributed by atoms with van der Waals surface area (Å²) in [5, 5.41) is 0. The molecule has 0 spiro atoms. The van der Waals surface area contributed by atoms with E-state index in [1.807, 2.05) is 0 Å². The van der Waals surface area contributed by atoms with Gasteiger partial charge in [0.05, 0.1) is 0 Å². The molecule has 0 bridgehead atoms. The third-order valence-corrected chi connectivity index (χ3v) is 0. The van der Waals surface area contributed by atoms with E-state index in [0.29, 0.717) is 0 Å². The van der Waals surface area contributed by atoms with Gasteiger partial charge in [0.15, 0.2) is 0 Å². The molecule has 0 aromatic carbocycles. The molecule has 0 aromatic rings. The van der Waals surface area contributed by atoms with Gasteiger partial charge >= 0.3 is 390 Å². The number of halogens is 6. The normalized spacial score (nSPS) is 3.71. The van der Waals surface area contributed by atoms with Crippen molar-refractivity contribution in [3.05, 3.63) is 0 Å². The summed E-state index contributed by atoms with van der Waals surface area (Å²) >= 11 is -25.2. The molecular weight excluding hydrogens is 1900 g/mol. The number of hydrogen-bond acceptors (Lipinski definition) is 18. The van der Waals surface area contributed by atoms with Gasteiger partial charge in [0.2, 0.25) is 0 Å². The molecule has 0 atom stereocenters. The van der Waals surface area contributed by atoms with Gasteiger partial charge in [-0.05, 0) is 0 Å². The van der Waals surface area contributed by atoms with Gasteiger partial charge in [0.1, 0.15) is 0 Å². The quantitative estimate of drug-likeness (QED) is 0.161. The third kappa shape index (κ3) is 1380. The summed E-state index contributed by atoms with van der Waals surface area (Å²) < 4.78 is 155. The Hall–Kier alpha value is 9.04. The van der Waals surface area contributed by atoms with E-state index in [-0.39, 0.29) is 233 Å². The predicted octanol–water partition coefficient (Wildman–Crippen LogP) is -16.4. The van der Waals surface area contributed by atoms with Crippen molar-refractivity contribution in [3.8, 4) is 0 Å². The summed E-state index contributed by atoms with van der Waals surface area (Å²) in [5.74, 6) is 0. The molecule has 0 heterocycles. The van der Waals surface area contributed by atoms with Gasteiger partial charge in [-0.1, -0.05) is 0 Å². The molecule has 318 valence electrons. The van der Waals surface area contributed by atoms with Crippen molar-refractivity contribution in [2.24, 2.45) is 0 Å². The second-order valence-electron chi connectivity index (χ2n) is 1.34. The minimum atomic E-state index is -4.20. The van der Waals surface area contributed by atoms with Crippen LogP contribution in [0.2, 0.25) is 0 Å². The fourth-order valence-corrected chi connectivity index (χ4v) is 0. The van der Waals surface area contributed by atoms with Crippen LogP contribution in [0.25, 0.3) is 0 Å². The Balaban J connectivity index is -0.00000000388. The molecule has 0 fully saturated rings. The molecule has 0 aromatic heterocycles. The molecule has 0 aliphatic heterocycles. The van der Waals surface area contributed by atoms with Crippen molar-refractivity contribution < 1.29 is 292 Å². The average molecular weight is 1900 g/mol. The van der Waals surface area contributed by atoms with E-state index >= 15 is 0 Å². The summed E-state index contributed by atoms with van der Waals surface area (Å²) in [6.45, 7) is 0. The number of hydrogen-bond donors (Lipinski definition) is 0. The van der Waals surface area contributed by atoms with Gasteiger partial charge in [-0.2, -0.15) is 0 Å². The predicted molar refractivity (Wildman–Crippen MR) is 53.7 cm³/mol. The van der Waals surface area contributed by atoms with Gasteiger partial charge < -0.3 is 0 Å². The monoisotopic (exact) mass is 1890 g/mol. The van der Waals surface area contributed by atoms with Crippen LogP contribution in [0.3, 0.4) is 0 Å². The van der Waals surface area contributed by atoms with Crippen molar-refractivity contribution in [3.63, 3.8) is 0 Å². The first-order valence-electron chi connectivity index (χ1n) is 3.29. The molecule has 0 unspecified atom stereocenters. The molecule has 0 aliphatic rings. The second kappa shape index (κ2) is 165. The molecule has 42 heteroatoms. The Labute approximate surface area is 409 Å². The van der Waals surface area contributed by atoms with Crippen molar-refractivity contribution in [1.29, 1.82) is 0 Å². The van der Waals surface area contributed by atoms with Crippen LogP contribution in [-0.4, -0.2) is 126 Å². The third-order valence-electron chi connectivity index (χ3n) is 0. The van der Waals surface area contributed by atoms with E-state index in [0.717, 1.165) is 0 Å². The molecule has 0 amide bonds. The van der Waals surface area contributed by atoms with Gasteiger partial charge in [-0.15, -0.1) is 0 Å². The Bertz CT molecular complexity index is 309. The van der Waals surface area contributed by atoms with Crippen molar-refractivity contribution in [2.75, 3.05) is 0 Å². The molecule has 0 saturated carbocycles. The summed E-state index contributed by atoms with van der Waals surface area (Å²) in [6, 6.07) is 0. The van der Waals surface area contributed by atoms with Gasteiger partial charge in [0, 0.05) is 0 Å². The van der Waals surface area contributed by atoms with Gasteiger partial charge in [-0.25, -0.2) is 0 Å². The standard InChI is InChI=1S/12Cu.6FH.18O.6Sb/h;;;;;;;;;;;;6*1H;;;;;;;;;;;;;;;;;;;;;;;;/q12*+1;;;;;;;;;;;;;12*-1;;;;;;. The van der Waals surface area contributed by atoms with Crippen LogP contribution in [0.1, 0.15) is 0 Å². The summed E-state index contributed by atoms with van der Waals surface area (Å²) in [4.78, 5) is 0. The first kappa shape index (κ1) is 175. The van der Waals surface area contributed by atoms with Crippen molar-refractivity contribution in [1.82, 2.24) is 0 Å². The fraction of sp³-hybridized carbons (Fsp3) is 0. The van der Waals surface area contributed by atoms with Gasteiger partial charge in [-0.3, -0.25) is 28.2 Å². The molecule has 0 rings (SSSR count). The van der Waals surface area contributed by atoms with Gasteiger partial charge in [0.25, 0.3) is 0 Å². The molecular formula is H6Cu12F6O18Sb6. The first-order valence-corrected chi connectivity index (χ1v) is 22.0. The Morgan fingerprint density at radius 1 is 0.190 bits per heavy atom. The molecule has 18 nitrogen and oxygen atoms in total. The topological polar surface area (TPSA) is 379 Å². The van der Waals surface area contributed by atoms with Crippen LogP contribution in [-0.2, 0) is 223 Å². The van der Waals surface area contributed by atoms with E-state index in [4.69, 9.17) is 58.7 Å². The molecule has 42 heavy (non-hydrogen) atoms. The summed E-state index contributed by atoms with van der Waals surface area (Å²) in [7, 11) is 0. The average Bonchev–Trinajstić information content (AvgIpc) is 2.08. The zero-order valence-electron chi connectivity index (χ0n) is 16.1. The maximum atomic E-state index is 8.60. The fourth-order valence-electron chi connectivity index (χ4n) is 0. The van der Waals surface area contributed by atoms with E-state index in [1.54, 1.807) is 0 Å². The Morgan fingerprint density at radius 2 is 0.190 bits per heavy atom. The van der Waals surface area contributed by atoms with E-state index in [1.165, 1.54) is 0 Å². The molecule has 0 aliphatic carbocycles. The van der Waals surface area contributed by atoms with Crippen molar-refractivity contribution >= 4 is 126 Å². The Morgan fingerprint density at radius 3 is 0.190 bits per heavy atom. The van der Waals surface area contributed by atoms with Crippen LogP contribution in [0.5, 0.6) is 0 Å². The zero-order chi connectivity index (χ0) is 21.5. The van der Waals surface area contributed by atoms with E-state index in [9.17, 15) is 0 Å². The second-order valence-corrected chi connectivity index (χ2v) is 9.00. The number of rotatable bonds is 0. The maximum absolute atomic E-state index is 8.60. The van der Waals surface area contributed by atoms with E-state index in [2.05, 4.69) is 0 Å². The molecule has 0 N–H and O–H groups in total. The van der Waals surface area contributed by atoms with Crippen LogP contribution in [0, 0.1) is 0 Å². The van der Waals surface area contributed by atoms with Crippen LogP contribution >= 0.6 is 0 Å². The van der Waals surface area contributed by atoms with Crippen molar-refractivity contribution in [2.45, 2.75) is 0 Å². The van der Waals surface area contributed by atoms with Crippen LogP contribution < -0.4 is 40.6 Å². The Kier molecular flexibility index (Phi) is 685.